The number of fused-ring (bicyclic) bond motifs is 1. The third-order valence-corrected chi connectivity index (χ3v) is 8.22. The van der Waals surface area contributed by atoms with Gasteiger partial charge in [-0.25, -0.2) is 19.9 Å². The summed E-state index contributed by atoms with van der Waals surface area (Å²) >= 11 is 0. The van der Waals surface area contributed by atoms with Gasteiger partial charge in [0.05, 0.1) is 18.6 Å². The standard InChI is InChI=1S/C34H45N5O8/c1-23(32(44)46-21-24-12-4-2-5-13-24)11-8-9-18-39-20-29(41)28(40)19-27-30(39)38-33(36-27)35-17-10-16-26(31(42)43)37-34(45)47-22-25-14-6-3-7-15-25/h2-7,12-15,23,26-29,40-41H,8-11,16-22H2,1H3,(H3,35,36,37,42,43,45)/p+1/t23-,26-,27?,28-,29+/m0/s1. The smallest absolute Gasteiger partial charge is 0.408 e. The number of β-amino-alcohol motifs (C(OH)–C–C–N with tert-alkyl or cyclic N) is 1. The van der Waals surface area contributed by atoms with E-state index < -0.39 is 30.3 Å². The maximum Gasteiger partial charge on any atom is 0.408 e. The molecule has 0 aromatic heterocycles. The number of carboxylic acids is 1. The van der Waals surface area contributed by atoms with Crippen molar-refractivity contribution in [3.8, 4) is 0 Å². The van der Waals surface area contributed by atoms with Gasteiger partial charge < -0.3 is 35.4 Å². The zero-order valence-electron chi connectivity index (χ0n) is 26.7. The summed E-state index contributed by atoms with van der Waals surface area (Å²) < 4.78 is 12.6. The molecule has 2 aromatic rings. The normalized spacial score (nSPS) is 21.1. The zero-order chi connectivity index (χ0) is 33.6. The predicted molar refractivity (Wildman–Crippen MR) is 174 cm³/mol. The van der Waals surface area contributed by atoms with E-state index in [0.717, 1.165) is 29.8 Å². The van der Waals surface area contributed by atoms with Crippen LogP contribution in [-0.4, -0.2) is 93.6 Å². The SMILES string of the molecule is C[C@@H](CCCC[N+]1=C2NC(=NCCC[C@H](NC(=O)OCc3ccccc3)C(=O)O)NC2C[C@H](O)[C@H](O)C1)C(=O)OCc1ccccc1. The number of rotatable bonds is 16. The number of amides is 1. The number of aliphatic imine (C=N–C) groups is 1. The molecule has 2 aromatic carbocycles. The first-order chi connectivity index (χ1) is 22.7. The van der Waals surface area contributed by atoms with Crippen molar-refractivity contribution in [2.75, 3.05) is 19.6 Å². The Hall–Kier alpha value is -4.49. The Labute approximate surface area is 274 Å². The minimum atomic E-state index is -1.16. The highest BCUT2D eigenvalue weighted by Crippen LogP contribution is 2.16. The van der Waals surface area contributed by atoms with Gasteiger partial charge in [0.15, 0.2) is 0 Å². The summed E-state index contributed by atoms with van der Waals surface area (Å²) in [5.74, 6) is -0.327. The molecule has 0 spiro atoms. The van der Waals surface area contributed by atoms with Gasteiger partial charge in [0, 0.05) is 13.0 Å². The lowest BCUT2D eigenvalue weighted by molar-refractivity contribution is -0.539. The van der Waals surface area contributed by atoms with Crippen molar-refractivity contribution in [1.82, 2.24) is 16.0 Å². The highest BCUT2D eigenvalue weighted by atomic mass is 16.5. The molecule has 1 amide bonds. The van der Waals surface area contributed by atoms with E-state index in [1.807, 2.05) is 60.0 Å². The van der Waals surface area contributed by atoms with E-state index in [2.05, 4.69) is 20.9 Å². The van der Waals surface area contributed by atoms with Gasteiger partial charge >= 0.3 is 18.0 Å². The van der Waals surface area contributed by atoms with Crippen LogP contribution in [0.25, 0.3) is 0 Å². The first-order valence-electron chi connectivity index (χ1n) is 16.2. The van der Waals surface area contributed by atoms with Gasteiger partial charge in [-0.1, -0.05) is 67.6 Å². The topological polar surface area (TPSA) is 182 Å². The predicted octanol–water partition coefficient (Wildman–Crippen LogP) is 2.15. The second-order valence-corrected chi connectivity index (χ2v) is 12.0. The van der Waals surface area contributed by atoms with Gasteiger partial charge in [-0.05, 0) is 43.2 Å². The third-order valence-electron chi connectivity index (χ3n) is 8.22. The van der Waals surface area contributed by atoms with E-state index in [0.29, 0.717) is 38.3 Å². The summed E-state index contributed by atoms with van der Waals surface area (Å²) in [5.41, 5.74) is 1.74. The molecule has 1 fully saturated rings. The molecule has 0 radical (unpaired) electrons. The van der Waals surface area contributed by atoms with Gasteiger partial charge in [-0.15, -0.1) is 0 Å². The minimum Gasteiger partial charge on any atom is -0.480 e. The number of unbranched alkanes of at least 4 members (excludes halogenated alkanes) is 1. The monoisotopic (exact) mass is 652 g/mol. The summed E-state index contributed by atoms with van der Waals surface area (Å²) in [6, 6.07) is 17.3. The number of carbonyl (C=O) groups excluding carboxylic acids is 2. The van der Waals surface area contributed by atoms with Gasteiger partial charge in [0.1, 0.15) is 37.9 Å². The molecule has 0 saturated carbocycles. The number of aliphatic carboxylic acids is 1. The summed E-state index contributed by atoms with van der Waals surface area (Å²) in [6.07, 6.45) is 0.409. The van der Waals surface area contributed by atoms with E-state index in [4.69, 9.17) is 9.47 Å². The molecule has 47 heavy (non-hydrogen) atoms. The highest BCUT2D eigenvalue weighted by molar-refractivity contribution is 6.07. The Morgan fingerprint density at radius 2 is 1.60 bits per heavy atom. The number of carbonyl (C=O) groups is 3. The lowest BCUT2D eigenvalue weighted by atomic mass is 10.0. The van der Waals surface area contributed by atoms with Gasteiger partial charge in [0.2, 0.25) is 0 Å². The van der Waals surface area contributed by atoms with Crippen molar-refractivity contribution >= 4 is 29.8 Å². The quantitative estimate of drug-likeness (QED) is 0.0893. The Morgan fingerprint density at radius 1 is 0.936 bits per heavy atom. The average Bonchev–Trinajstić information content (AvgIpc) is 3.43. The Bertz CT molecular complexity index is 1390. The number of carboxylic acid groups (broad SMARTS) is 1. The second-order valence-electron chi connectivity index (χ2n) is 12.0. The van der Waals surface area contributed by atoms with Crippen molar-refractivity contribution < 1.29 is 43.8 Å². The molecule has 6 N–H and O–H groups in total. The largest absolute Gasteiger partial charge is 0.480 e. The van der Waals surface area contributed by atoms with Crippen LogP contribution in [0.1, 0.15) is 56.6 Å². The van der Waals surface area contributed by atoms with Crippen molar-refractivity contribution in [2.45, 2.75) is 83.0 Å². The molecule has 1 saturated heterocycles. The van der Waals surface area contributed by atoms with Crippen molar-refractivity contribution in [3.05, 3.63) is 71.8 Å². The van der Waals surface area contributed by atoms with Crippen molar-refractivity contribution in [2.24, 2.45) is 10.9 Å². The summed E-state index contributed by atoms with van der Waals surface area (Å²) in [6.45, 7) is 3.30. The molecule has 2 aliphatic heterocycles. The molecule has 2 heterocycles. The molecule has 4 rings (SSSR count). The number of hydrogen-bond acceptors (Lipinski definition) is 8. The van der Waals surface area contributed by atoms with Crippen LogP contribution in [-0.2, 0) is 32.3 Å². The average molecular weight is 653 g/mol. The molecule has 5 atom stereocenters. The third kappa shape index (κ3) is 11.4. The molecule has 2 aliphatic rings. The number of nitrogens with zero attached hydrogens (tertiary/aromatic N) is 2. The number of nitrogens with one attached hydrogen (secondary N) is 3. The van der Waals surface area contributed by atoms with Crippen LogP contribution in [0, 0.1) is 5.92 Å². The van der Waals surface area contributed by atoms with E-state index in [-0.39, 0.29) is 44.1 Å². The Balaban J connectivity index is 1.23. The lowest BCUT2D eigenvalue weighted by Crippen LogP contribution is -2.41. The fourth-order valence-corrected chi connectivity index (χ4v) is 5.48. The van der Waals surface area contributed by atoms with Crippen molar-refractivity contribution in [3.63, 3.8) is 0 Å². The summed E-state index contributed by atoms with van der Waals surface area (Å²) in [7, 11) is 0. The number of aliphatic hydroxyl groups excluding tert-OH is 2. The fourth-order valence-electron chi connectivity index (χ4n) is 5.48. The molecule has 0 aliphatic carbocycles. The van der Waals surface area contributed by atoms with Crippen LogP contribution in [0.4, 0.5) is 4.79 Å². The Kier molecular flexibility index (Phi) is 13.5. The molecule has 0 bridgehead atoms. The van der Waals surface area contributed by atoms with Gasteiger partial charge in [-0.3, -0.25) is 9.37 Å². The maximum absolute atomic E-state index is 12.4. The first-order valence-corrected chi connectivity index (χ1v) is 16.2. The first kappa shape index (κ1) is 35.4. The van der Waals surface area contributed by atoms with Crippen LogP contribution >= 0.6 is 0 Å². The Morgan fingerprint density at radius 3 is 2.26 bits per heavy atom. The fraction of sp³-hybridized carbons (Fsp3) is 0.500. The molecule has 13 nitrogen and oxygen atoms in total. The van der Waals surface area contributed by atoms with Crippen molar-refractivity contribution in [1.29, 1.82) is 0 Å². The second kappa shape index (κ2) is 18.0. The van der Waals surface area contributed by atoms with E-state index in [1.165, 1.54) is 0 Å². The summed E-state index contributed by atoms with van der Waals surface area (Å²) in [4.78, 5) is 40.8. The number of esters is 1. The zero-order valence-corrected chi connectivity index (χ0v) is 26.7. The number of amidine groups is 1. The molecule has 13 heteroatoms. The van der Waals surface area contributed by atoms with Crippen LogP contribution in [0.5, 0.6) is 0 Å². The van der Waals surface area contributed by atoms with Gasteiger partial charge in [-0.2, -0.15) is 0 Å². The van der Waals surface area contributed by atoms with E-state index in [9.17, 15) is 29.7 Å². The number of aliphatic hydroxyl groups is 2. The molecular weight excluding hydrogens is 606 g/mol. The van der Waals surface area contributed by atoms with Crippen LogP contribution in [0.3, 0.4) is 0 Å². The number of benzene rings is 2. The van der Waals surface area contributed by atoms with Crippen LogP contribution in [0.15, 0.2) is 65.7 Å². The molecule has 254 valence electrons. The van der Waals surface area contributed by atoms with Gasteiger partial charge in [0.25, 0.3) is 11.8 Å². The number of hydrogen-bond donors (Lipinski definition) is 6. The highest BCUT2D eigenvalue weighted by Gasteiger charge is 2.41. The van der Waals surface area contributed by atoms with E-state index in [1.54, 1.807) is 12.1 Å². The maximum atomic E-state index is 12.4. The van der Waals surface area contributed by atoms with Crippen LogP contribution in [0.2, 0.25) is 0 Å². The molecule has 1 unspecified atom stereocenters. The lowest BCUT2D eigenvalue weighted by Gasteiger charge is -2.16. The van der Waals surface area contributed by atoms with E-state index >= 15 is 0 Å². The minimum absolute atomic E-state index is 0.0374. The molecular formula is C34H46N5O8+. The van der Waals surface area contributed by atoms with Crippen LogP contribution < -0.4 is 16.0 Å². The number of ether oxygens (including phenoxy) is 2. The number of guanidine groups is 1. The summed E-state index contributed by atoms with van der Waals surface area (Å²) in [5, 5.41) is 39.5. The number of alkyl carbamates (subject to hydrolysis) is 1.